The van der Waals surface area contributed by atoms with Gasteiger partial charge in [0.25, 0.3) is 0 Å². The van der Waals surface area contributed by atoms with E-state index in [1.165, 1.54) is 0 Å². The van der Waals surface area contributed by atoms with E-state index >= 15 is 0 Å². The third-order valence-corrected chi connectivity index (χ3v) is 3.14. The van der Waals surface area contributed by atoms with Crippen LogP contribution in [0.25, 0.3) is 0 Å². The summed E-state index contributed by atoms with van der Waals surface area (Å²) in [6.07, 6.45) is 5.08. The maximum atomic E-state index is 5.46. The monoisotopic (exact) mass is 236 g/mol. The van der Waals surface area contributed by atoms with Crippen molar-refractivity contribution in [3.8, 4) is 0 Å². The molecule has 98 valence electrons. The molecule has 0 radical (unpaired) electrons. The molecule has 0 spiro atoms. The number of allylic oxidation sites excluding steroid dienone is 3. The highest BCUT2D eigenvalue weighted by Crippen LogP contribution is 2.33. The highest BCUT2D eigenvalue weighted by atomic mass is 16.5. The van der Waals surface area contributed by atoms with Gasteiger partial charge >= 0.3 is 0 Å². The lowest BCUT2D eigenvalue weighted by Crippen LogP contribution is -2.19. The fourth-order valence-corrected chi connectivity index (χ4v) is 1.40. The van der Waals surface area contributed by atoms with Crippen LogP contribution in [0.15, 0.2) is 36.6 Å². The number of ether oxygens (including phenoxy) is 1. The molecule has 1 heteroatoms. The minimum Gasteiger partial charge on any atom is -0.492 e. The zero-order chi connectivity index (χ0) is 13.6. The Balaban J connectivity index is 4.28. The van der Waals surface area contributed by atoms with Crippen LogP contribution in [0.3, 0.4) is 0 Å². The Bertz CT molecular complexity index is 293. The molecule has 0 bridgehead atoms. The van der Waals surface area contributed by atoms with Crippen LogP contribution in [0, 0.1) is 11.3 Å². The first kappa shape index (κ1) is 16.0. The van der Waals surface area contributed by atoms with Crippen LogP contribution in [-0.4, -0.2) is 6.10 Å². The second-order valence-corrected chi connectivity index (χ2v) is 5.94. The molecule has 0 fully saturated rings. The van der Waals surface area contributed by atoms with E-state index < -0.39 is 0 Å². The van der Waals surface area contributed by atoms with Crippen LogP contribution < -0.4 is 0 Å². The molecule has 0 unspecified atom stereocenters. The van der Waals surface area contributed by atoms with Crippen molar-refractivity contribution in [2.24, 2.45) is 11.3 Å². The van der Waals surface area contributed by atoms with Crippen LogP contribution in [0.4, 0.5) is 0 Å². The topological polar surface area (TPSA) is 9.23 Å². The maximum absolute atomic E-state index is 5.46. The number of hydrogen-bond acceptors (Lipinski definition) is 1. The summed E-state index contributed by atoms with van der Waals surface area (Å²) in [4.78, 5) is 0. The van der Waals surface area contributed by atoms with E-state index in [-0.39, 0.29) is 11.5 Å². The lowest BCUT2D eigenvalue weighted by atomic mass is 9.76. The summed E-state index contributed by atoms with van der Waals surface area (Å²) in [7, 11) is 0. The molecule has 0 aliphatic carbocycles. The zero-order valence-corrected chi connectivity index (χ0v) is 12.3. The predicted molar refractivity (Wildman–Crippen MR) is 76.9 cm³/mol. The van der Waals surface area contributed by atoms with E-state index in [4.69, 9.17) is 4.74 Å². The van der Waals surface area contributed by atoms with Crippen molar-refractivity contribution in [3.63, 3.8) is 0 Å². The fourth-order valence-electron chi connectivity index (χ4n) is 1.40. The van der Waals surface area contributed by atoms with Gasteiger partial charge in [-0.05, 0) is 37.7 Å². The summed E-state index contributed by atoms with van der Waals surface area (Å²) in [6, 6.07) is 0. The van der Waals surface area contributed by atoms with Crippen molar-refractivity contribution in [2.45, 2.75) is 54.1 Å². The molecule has 0 aromatic heterocycles. The predicted octanol–water partition coefficient (Wildman–Crippen LogP) is 5.11. The van der Waals surface area contributed by atoms with Crippen LogP contribution in [0.5, 0.6) is 0 Å². The van der Waals surface area contributed by atoms with E-state index in [9.17, 15) is 0 Å². The molecule has 0 amide bonds. The Hall–Kier alpha value is -0.980. The van der Waals surface area contributed by atoms with Crippen molar-refractivity contribution in [1.29, 1.82) is 0 Å². The third kappa shape index (κ3) is 7.04. The minimum atomic E-state index is 0.174. The van der Waals surface area contributed by atoms with Crippen molar-refractivity contribution in [2.75, 3.05) is 0 Å². The van der Waals surface area contributed by atoms with Crippen molar-refractivity contribution in [1.82, 2.24) is 0 Å². The quantitative estimate of drug-likeness (QED) is 0.441. The highest BCUT2D eigenvalue weighted by Gasteiger charge is 2.22. The standard InChI is InChI=1S/C16H28O/c1-12(2)16(7,8)11-14(5)9-10-15(6)17-13(3)4/h9-10,12-13H,5-6,11H2,1-4,7-8H3/b10-9-. The van der Waals surface area contributed by atoms with Gasteiger partial charge in [0.15, 0.2) is 0 Å². The second kappa shape index (κ2) is 6.68. The molecule has 1 nitrogen and oxygen atoms in total. The summed E-state index contributed by atoms with van der Waals surface area (Å²) in [5, 5.41) is 0. The molecule has 0 rings (SSSR count). The summed E-state index contributed by atoms with van der Waals surface area (Å²) >= 11 is 0. The van der Waals surface area contributed by atoms with E-state index in [0.29, 0.717) is 11.7 Å². The summed E-state index contributed by atoms with van der Waals surface area (Å²) in [5.41, 5.74) is 1.40. The molecule has 0 aromatic carbocycles. The first-order valence-corrected chi connectivity index (χ1v) is 6.36. The molecule has 17 heavy (non-hydrogen) atoms. The van der Waals surface area contributed by atoms with Crippen LogP contribution >= 0.6 is 0 Å². The molecule has 0 aliphatic rings. The van der Waals surface area contributed by atoms with Crippen LogP contribution in [-0.2, 0) is 4.74 Å². The Morgan fingerprint density at radius 2 is 1.65 bits per heavy atom. The molecule has 0 saturated heterocycles. The van der Waals surface area contributed by atoms with Crippen molar-refractivity contribution >= 4 is 0 Å². The number of hydrogen-bond donors (Lipinski definition) is 0. The van der Waals surface area contributed by atoms with Gasteiger partial charge in [-0.3, -0.25) is 0 Å². The minimum absolute atomic E-state index is 0.174. The SMILES string of the molecule is C=C(/C=C\C(=C)OC(C)C)CC(C)(C)C(C)C. The van der Waals surface area contributed by atoms with Gasteiger partial charge in [0.2, 0.25) is 0 Å². The van der Waals surface area contributed by atoms with E-state index in [1.807, 2.05) is 26.0 Å². The smallest absolute Gasteiger partial charge is 0.112 e. The number of rotatable bonds is 7. The largest absolute Gasteiger partial charge is 0.492 e. The molecular formula is C16H28O. The van der Waals surface area contributed by atoms with Gasteiger partial charge in [-0.25, -0.2) is 0 Å². The molecule has 0 atom stereocenters. The molecule has 0 aliphatic heterocycles. The molecular weight excluding hydrogens is 208 g/mol. The van der Waals surface area contributed by atoms with Gasteiger partial charge < -0.3 is 4.74 Å². The Labute approximate surface area is 107 Å². The van der Waals surface area contributed by atoms with Crippen molar-refractivity contribution < 1.29 is 4.74 Å². The second-order valence-electron chi connectivity index (χ2n) is 5.94. The molecule has 0 N–H and O–H groups in total. The van der Waals surface area contributed by atoms with Crippen molar-refractivity contribution in [3.05, 3.63) is 36.6 Å². The average molecular weight is 236 g/mol. The maximum Gasteiger partial charge on any atom is 0.112 e. The Morgan fingerprint density at radius 3 is 2.06 bits per heavy atom. The van der Waals surface area contributed by atoms with Gasteiger partial charge in [0, 0.05) is 0 Å². The molecule has 0 aromatic rings. The zero-order valence-electron chi connectivity index (χ0n) is 12.3. The van der Waals surface area contributed by atoms with Gasteiger partial charge in [-0.1, -0.05) is 52.5 Å². The average Bonchev–Trinajstić information content (AvgIpc) is 2.12. The Morgan fingerprint density at radius 1 is 1.12 bits per heavy atom. The fraction of sp³-hybridized carbons (Fsp3) is 0.625. The summed E-state index contributed by atoms with van der Waals surface area (Å²) in [5.74, 6) is 1.34. The van der Waals surface area contributed by atoms with Gasteiger partial charge in [0.1, 0.15) is 5.76 Å². The molecule has 0 saturated carbocycles. The lowest BCUT2D eigenvalue weighted by molar-refractivity contribution is 0.159. The summed E-state index contributed by atoms with van der Waals surface area (Å²) < 4.78 is 5.46. The van der Waals surface area contributed by atoms with E-state index in [0.717, 1.165) is 12.0 Å². The Kier molecular flexibility index (Phi) is 6.30. The first-order chi connectivity index (χ1) is 7.65. The van der Waals surface area contributed by atoms with Crippen LogP contribution in [0.1, 0.15) is 48.0 Å². The highest BCUT2D eigenvalue weighted by molar-refractivity contribution is 5.22. The third-order valence-electron chi connectivity index (χ3n) is 3.14. The van der Waals surface area contributed by atoms with Gasteiger partial charge in [-0.2, -0.15) is 0 Å². The van der Waals surface area contributed by atoms with Gasteiger partial charge in [-0.15, -0.1) is 0 Å². The van der Waals surface area contributed by atoms with E-state index in [2.05, 4.69) is 40.9 Å². The first-order valence-electron chi connectivity index (χ1n) is 6.36. The summed E-state index contributed by atoms with van der Waals surface area (Å²) in [6.45, 7) is 21.0. The van der Waals surface area contributed by atoms with Crippen LogP contribution in [0.2, 0.25) is 0 Å². The molecule has 0 heterocycles. The van der Waals surface area contributed by atoms with Gasteiger partial charge in [0.05, 0.1) is 6.10 Å². The van der Waals surface area contributed by atoms with E-state index in [1.54, 1.807) is 0 Å². The normalized spacial score (nSPS) is 12.5. The lowest BCUT2D eigenvalue weighted by Gasteiger charge is -2.29.